The van der Waals surface area contributed by atoms with Crippen molar-refractivity contribution in [2.24, 2.45) is 0 Å². The Bertz CT molecular complexity index is 855. The van der Waals surface area contributed by atoms with Crippen molar-refractivity contribution in [2.45, 2.75) is 39.3 Å². The molecule has 0 N–H and O–H groups in total. The van der Waals surface area contributed by atoms with Crippen molar-refractivity contribution >= 4 is 23.6 Å². The van der Waals surface area contributed by atoms with Gasteiger partial charge in [-0.05, 0) is 18.1 Å². The predicted octanol–water partition coefficient (Wildman–Crippen LogP) is 2.77. The van der Waals surface area contributed by atoms with Gasteiger partial charge in [0.2, 0.25) is 5.91 Å². The van der Waals surface area contributed by atoms with E-state index in [1.807, 2.05) is 44.2 Å². The Hall–Kier alpha value is -3.28. The third-order valence-electron chi connectivity index (χ3n) is 4.51. The highest BCUT2D eigenvalue weighted by atomic mass is 16.2. The Morgan fingerprint density at radius 3 is 2.32 bits per heavy atom. The standard InChI is InChI=1S/C20H18N2O4.C2H6/c1-3-7-15-13(2)18(24)22(19(15)25)16-10-11-17(23)21(20(16)26)12-14-8-5-4-6-9-14;1-2/h3-9,16H,1-2,10-12H2;1-2H3/b15-7+;. The molecule has 0 aromatic heterocycles. The maximum atomic E-state index is 12.9. The number of carbonyl (C=O) groups excluding carboxylic acids is 4. The Kier molecular flexibility index (Phi) is 6.82. The first-order valence-electron chi connectivity index (χ1n) is 9.23. The van der Waals surface area contributed by atoms with Crippen LogP contribution < -0.4 is 0 Å². The summed E-state index contributed by atoms with van der Waals surface area (Å²) in [6.07, 6.45) is 3.01. The summed E-state index contributed by atoms with van der Waals surface area (Å²) in [5.41, 5.74) is 0.962. The summed E-state index contributed by atoms with van der Waals surface area (Å²) < 4.78 is 0. The number of nitrogens with zero attached hydrogens (tertiary/aromatic N) is 2. The zero-order chi connectivity index (χ0) is 20.8. The van der Waals surface area contributed by atoms with Gasteiger partial charge in [-0.15, -0.1) is 0 Å². The monoisotopic (exact) mass is 380 g/mol. The van der Waals surface area contributed by atoms with E-state index in [1.54, 1.807) is 0 Å². The van der Waals surface area contributed by atoms with E-state index >= 15 is 0 Å². The van der Waals surface area contributed by atoms with Gasteiger partial charge in [-0.25, -0.2) is 0 Å². The lowest BCUT2D eigenvalue weighted by atomic mass is 10.0. The van der Waals surface area contributed by atoms with Gasteiger partial charge in [-0.1, -0.05) is 63.4 Å². The van der Waals surface area contributed by atoms with Crippen molar-refractivity contribution in [1.82, 2.24) is 9.80 Å². The molecule has 1 aromatic carbocycles. The Balaban J connectivity index is 0.00000136. The molecule has 6 nitrogen and oxygen atoms in total. The minimum absolute atomic E-state index is 0.0363. The first-order valence-corrected chi connectivity index (χ1v) is 9.23. The number of likely N-dealkylation sites (tertiary alicyclic amines) is 2. The number of benzene rings is 1. The molecular formula is C22H24N2O4. The average Bonchev–Trinajstić information content (AvgIpc) is 2.92. The van der Waals surface area contributed by atoms with Gasteiger partial charge in [0.25, 0.3) is 17.7 Å². The van der Waals surface area contributed by atoms with Crippen LogP contribution in [0.2, 0.25) is 0 Å². The van der Waals surface area contributed by atoms with E-state index in [1.165, 1.54) is 12.2 Å². The number of carbonyl (C=O) groups is 4. The fraction of sp³-hybridized carbons (Fsp3) is 0.273. The molecule has 0 bridgehead atoms. The van der Waals surface area contributed by atoms with Crippen LogP contribution in [0.25, 0.3) is 0 Å². The molecule has 28 heavy (non-hydrogen) atoms. The van der Waals surface area contributed by atoms with E-state index in [-0.39, 0.29) is 36.4 Å². The lowest BCUT2D eigenvalue weighted by Gasteiger charge is -2.34. The smallest absolute Gasteiger partial charge is 0.262 e. The van der Waals surface area contributed by atoms with E-state index in [2.05, 4.69) is 13.2 Å². The van der Waals surface area contributed by atoms with Crippen molar-refractivity contribution in [1.29, 1.82) is 0 Å². The Labute approximate surface area is 164 Å². The first kappa shape index (κ1) is 21.0. The molecule has 1 atom stereocenters. The van der Waals surface area contributed by atoms with Gasteiger partial charge >= 0.3 is 0 Å². The molecule has 2 saturated heterocycles. The largest absolute Gasteiger partial charge is 0.276 e. The van der Waals surface area contributed by atoms with Crippen LogP contribution in [0.1, 0.15) is 32.3 Å². The molecule has 1 unspecified atom stereocenters. The summed E-state index contributed by atoms with van der Waals surface area (Å²) in [6.45, 7) is 11.3. The second-order valence-electron chi connectivity index (χ2n) is 6.13. The number of amides is 4. The summed E-state index contributed by atoms with van der Waals surface area (Å²) in [6, 6.07) is 8.09. The minimum Gasteiger partial charge on any atom is -0.276 e. The molecule has 146 valence electrons. The molecule has 2 aliphatic rings. The normalized spacial score (nSPS) is 21.1. The van der Waals surface area contributed by atoms with Crippen LogP contribution in [-0.2, 0) is 25.7 Å². The highest BCUT2D eigenvalue weighted by Gasteiger charge is 2.47. The molecular weight excluding hydrogens is 356 g/mol. The maximum Gasteiger partial charge on any atom is 0.262 e. The zero-order valence-corrected chi connectivity index (χ0v) is 16.2. The molecule has 0 spiro atoms. The molecule has 2 fully saturated rings. The summed E-state index contributed by atoms with van der Waals surface area (Å²) in [7, 11) is 0. The number of rotatable bonds is 4. The van der Waals surface area contributed by atoms with E-state index in [9.17, 15) is 19.2 Å². The molecule has 1 aromatic rings. The molecule has 0 radical (unpaired) electrons. The van der Waals surface area contributed by atoms with Crippen LogP contribution in [0.5, 0.6) is 0 Å². The minimum atomic E-state index is -0.996. The number of piperidine rings is 1. The van der Waals surface area contributed by atoms with Gasteiger partial charge in [-0.3, -0.25) is 29.0 Å². The predicted molar refractivity (Wildman–Crippen MR) is 106 cm³/mol. The van der Waals surface area contributed by atoms with Crippen LogP contribution in [0.3, 0.4) is 0 Å². The van der Waals surface area contributed by atoms with Gasteiger partial charge in [0.05, 0.1) is 12.1 Å². The topological polar surface area (TPSA) is 74.8 Å². The highest BCUT2D eigenvalue weighted by Crippen LogP contribution is 2.30. The van der Waals surface area contributed by atoms with Crippen molar-refractivity contribution in [3.8, 4) is 0 Å². The summed E-state index contributed by atoms with van der Waals surface area (Å²) in [4.78, 5) is 52.2. The van der Waals surface area contributed by atoms with Crippen LogP contribution in [-0.4, -0.2) is 39.5 Å². The van der Waals surface area contributed by atoms with Crippen molar-refractivity contribution in [2.75, 3.05) is 0 Å². The number of hydrogen-bond acceptors (Lipinski definition) is 4. The molecule has 3 rings (SSSR count). The van der Waals surface area contributed by atoms with Crippen molar-refractivity contribution < 1.29 is 19.2 Å². The van der Waals surface area contributed by atoms with E-state index in [4.69, 9.17) is 0 Å². The molecule has 2 aliphatic heterocycles. The fourth-order valence-corrected chi connectivity index (χ4v) is 3.18. The molecule has 0 aliphatic carbocycles. The highest BCUT2D eigenvalue weighted by molar-refractivity contribution is 6.26. The third kappa shape index (κ3) is 3.86. The van der Waals surface area contributed by atoms with Crippen molar-refractivity contribution in [3.63, 3.8) is 0 Å². The van der Waals surface area contributed by atoms with Gasteiger partial charge in [0.1, 0.15) is 6.04 Å². The third-order valence-corrected chi connectivity index (χ3v) is 4.51. The van der Waals surface area contributed by atoms with Crippen LogP contribution in [0.4, 0.5) is 0 Å². The molecule has 2 heterocycles. The van der Waals surface area contributed by atoms with E-state index < -0.39 is 23.8 Å². The van der Waals surface area contributed by atoms with Gasteiger partial charge in [0, 0.05) is 12.0 Å². The van der Waals surface area contributed by atoms with Crippen LogP contribution in [0, 0.1) is 0 Å². The number of hydrogen-bond donors (Lipinski definition) is 0. The summed E-state index contributed by atoms with van der Waals surface area (Å²) >= 11 is 0. The fourth-order valence-electron chi connectivity index (χ4n) is 3.18. The van der Waals surface area contributed by atoms with E-state index in [0.29, 0.717) is 0 Å². The average molecular weight is 380 g/mol. The van der Waals surface area contributed by atoms with E-state index in [0.717, 1.165) is 15.4 Å². The number of imide groups is 2. The van der Waals surface area contributed by atoms with Crippen molar-refractivity contribution in [3.05, 3.63) is 72.4 Å². The molecule has 6 heteroatoms. The van der Waals surface area contributed by atoms with Crippen LogP contribution in [0.15, 0.2) is 66.8 Å². The Morgan fingerprint density at radius 2 is 1.71 bits per heavy atom. The zero-order valence-electron chi connectivity index (χ0n) is 16.2. The van der Waals surface area contributed by atoms with Gasteiger partial charge < -0.3 is 0 Å². The maximum absolute atomic E-state index is 12.9. The summed E-state index contributed by atoms with van der Waals surface area (Å²) in [5.74, 6) is -2.03. The molecule has 4 amide bonds. The van der Waals surface area contributed by atoms with Crippen LogP contribution >= 0.6 is 0 Å². The number of allylic oxidation sites excluding steroid dienone is 2. The first-order chi connectivity index (χ1) is 13.5. The second-order valence-corrected chi connectivity index (χ2v) is 6.13. The van der Waals surface area contributed by atoms with Gasteiger partial charge in [-0.2, -0.15) is 0 Å². The lowest BCUT2D eigenvalue weighted by Crippen LogP contribution is -2.55. The Morgan fingerprint density at radius 1 is 1.07 bits per heavy atom. The lowest BCUT2D eigenvalue weighted by molar-refractivity contribution is -0.159. The quantitative estimate of drug-likeness (QED) is 0.595. The van der Waals surface area contributed by atoms with Gasteiger partial charge in [0.15, 0.2) is 0 Å². The SMILES string of the molecule is C=C/C=C1\C(=C)C(=O)N(C2CCC(=O)N(Cc3ccccc3)C2=O)C1=O.CC. The second kappa shape index (κ2) is 9.08. The molecule has 0 saturated carbocycles. The summed E-state index contributed by atoms with van der Waals surface area (Å²) in [5, 5.41) is 0.